The summed E-state index contributed by atoms with van der Waals surface area (Å²) in [6, 6.07) is 15.5. The molecule has 1 saturated heterocycles. The van der Waals surface area contributed by atoms with E-state index in [1.807, 2.05) is 64.9 Å². The zero-order chi connectivity index (χ0) is 21.9. The minimum absolute atomic E-state index is 0.134. The highest BCUT2D eigenvalue weighted by molar-refractivity contribution is 7.13. The predicted molar refractivity (Wildman–Crippen MR) is 132 cm³/mol. The molecule has 0 radical (unpaired) electrons. The molecule has 0 spiro atoms. The maximum Gasteiger partial charge on any atom is 0.268 e. The number of rotatable bonds is 6. The van der Waals surface area contributed by atoms with E-state index in [1.54, 1.807) is 11.5 Å². The lowest BCUT2D eigenvalue weighted by atomic mass is 10.1. The number of nitrogens with zero attached hydrogens (tertiary/aromatic N) is 5. The average molecular weight is 466 g/mol. The van der Waals surface area contributed by atoms with Crippen LogP contribution in [0.5, 0.6) is 0 Å². The van der Waals surface area contributed by atoms with Gasteiger partial charge in [0.15, 0.2) is 0 Å². The lowest BCUT2D eigenvalue weighted by Crippen LogP contribution is -2.47. The van der Waals surface area contributed by atoms with Crippen LogP contribution in [0.15, 0.2) is 65.7 Å². The van der Waals surface area contributed by atoms with Gasteiger partial charge >= 0.3 is 0 Å². The molecule has 2 aromatic heterocycles. The van der Waals surface area contributed by atoms with E-state index in [2.05, 4.69) is 19.8 Å². The Morgan fingerprint density at radius 3 is 2.31 bits per heavy atom. The van der Waals surface area contributed by atoms with Crippen molar-refractivity contribution in [2.45, 2.75) is 13.0 Å². The van der Waals surface area contributed by atoms with Crippen molar-refractivity contribution in [2.75, 3.05) is 37.6 Å². The molecular formula is C24H24ClN5OS. The smallest absolute Gasteiger partial charge is 0.268 e. The van der Waals surface area contributed by atoms with Crippen molar-refractivity contribution in [3.8, 4) is 11.1 Å². The van der Waals surface area contributed by atoms with Crippen molar-refractivity contribution >= 4 is 39.2 Å². The Morgan fingerprint density at radius 1 is 0.875 bits per heavy atom. The van der Waals surface area contributed by atoms with Gasteiger partial charge in [0.1, 0.15) is 0 Å². The van der Waals surface area contributed by atoms with E-state index in [4.69, 9.17) is 11.6 Å². The number of hydrogen-bond acceptors (Lipinski definition) is 6. The van der Waals surface area contributed by atoms with Gasteiger partial charge in [-0.05, 0) is 36.2 Å². The third kappa shape index (κ3) is 4.55. The Hall–Kier alpha value is -2.74. The van der Waals surface area contributed by atoms with E-state index in [-0.39, 0.29) is 5.56 Å². The lowest BCUT2D eigenvalue weighted by Gasteiger charge is -2.34. The third-order valence-electron chi connectivity index (χ3n) is 5.86. The summed E-state index contributed by atoms with van der Waals surface area (Å²) in [7, 11) is 0. The Balaban J connectivity index is 1.12. The fraction of sp³-hybridized carbons (Fsp3) is 0.292. The van der Waals surface area contributed by atoms with Crippen molar-refractivity contribution in [1.29, 1.82) is 0 Å². The Kier molecular flexibility index (Phi) is 6.21. The van der Waals surface area contributed by atoms with Crippen molar-refractivity contribution in [1.82, 2.24) is 18.8 Å². The van der Waals surface area contributed by atoms with Crippen LogP contribution >= 0.6 is 23.1 Å². The first-order chi connectivity index (χ1) is 15.7. The first-order valence-electron chi connectivity index (χ1n) is 10.8. The molecule has 8 heteroatoms. The number of aromatic nitrogens is 3. The lowest BCUT2D eigenvalue weighted by molar-refractivity contribution is 0.250. The molecule has 1 fully saturated rings. The van der Waals surface area contributed by atoms with Gasteiger partial charge < -0.3 is 4.90 Å². The Bertz CT molecular complexity index is 1240. The van der Waals surface area contributed by atoms with Crippen LogP contribution in [-0.2, 0) is 6.54 Å². The molecule has 4 aromatic rings. The number of fused-ring (bicyclic) bond motifs is 1. The highest BCUT2D eigenvalue weighted by Gasteiger charge is 2.19. The molecule has 5 rings (SSSR count). The summed E-state index contributed by atoms with van der Waals surface area (Å²) < 4.78 is 2.95. The third-order valence-corrected chi connectivity index (χ3v) is 7.23. The molecule has 3 heterocycles. The molecule has 164 valence electrons. The van der Waals surface area contributed by atoms with Gasteiger partial charge in [0.2, 0.25) is 5.95 Å². The Labute approximate surface area is 195 Å². The highest BCUT2D eigenvalue weighted by Crippen LogP contribution is 2.22. The highest BCUT2D eigenvalue weighted by atomic mass is 35.5. The van der Waals surface area contributed by atoms with Crippen LogP contribution < -0.4 is 10.5 Å². The number of halogens is 1. The second-order valence-electron chi connectivity index (χ2n) is 7.96. The zero-order valence-corrected chi connectivity index (χ0v) is 19.2. The summed E-state index contributed by atoms with van der Waals surface area (Å²) in [6.07, 6.45) is 4.72. The minimum atomic E-state index is 0.134. The quantitative estimate of drug-likeness (QED) is 0.423. The van der Waals surface area contributed by atoms with Crippen LogP contribution in [0.25, 0.3) is 21.2 Å². The second kappa shape index (κ2) is 9.40. The van der Waals surface area contributed by atoms with Crippen LogP contribution in [0.1, 0.15) is 6.42 Å². The second-order valence-corrected chi connectivity index (χ2v) is 9.46. The molecule has 1 aliphatic rings. The monoisotopic (exact) mass is 465 g/mol. The standard InChI is InChI=1S/C24H24ClN5OS/c25-20-8-6-18(7-9-20)19-16-26-24(27-17-19)29-14-12-28(13-15-29)10-3-11-30-23(31)21-4-1-2-5-22(21)32-30/h1-2,4-9,16-17H,3,10-15H2. The van der Waals surface area contributed by atoms with Gasteiger partial charge in [-0.1, -0.05) is 47.4 Å². The van der Waals surface area contributed by atoms with Crippen LogP contribution in [0.3, 0.4) is 0 Å². The molecular weight excluding hydrogens is 442 g/mol. The molecule has 32 heavy (non-hydrogen) atoms. The van der Waals surface area contributed by atoms with E-state index in [0.717, 1.165) is 77.9 Å². The molecule has 2 aromatic carbocycles. The summed E-state index contributed by atoms with van der Waals surface area (Å²) >= 11 is 7.53. The molecule has 0 bridgehead atoms. The van der Waals surface area contributed by atoms with Crippen LogP contribution in [0, 0.1) is 0 Å². The fourth-order valence-electron chi connectivity index (χ4n) is 4.05. The van der Waals surface area contributed by atoms with Gasteiger partial charge in [0, 0.05) is 62.2 Å². The van der Waals surface area contributed by atoms with Gasteiger partial charge in [-0.25, -0.2) is 9.97 Å². The summed E-state index contributed by atoms with van der Waals surface area (Å²) in [5.41, 5.74) is 2.18. The molecule has 0 atom stereocenters. The zero-order valence-electron chi connectivity index (χ0n) is 17.7. The number of hydrogen-bond donors (Lipinski definition) is 0. The van der Waals surface area contributed by atoms with Gasteiger partial charge in [0.05, 0.1) is 10.1 Å². The topological polar surface area (TPSA) is 54.3 Å². The van der Waals surface area contributed by atoms with Crippen LogP contribution in [-0.4, -0.2) is 51.5 Å². The summed E-state index contributed by atoms with van der Waals surface area (Å²) in [5, 5.41) is 1.55. The van der Waals surface area contributed by atoms with Gasteiger partial charge in [-0.3, -0.25) is 13.7 Å². The van der Waals surface area contributed by atoms with E-state index in [1.165, 1.54) is 0 Å². The Morgan fingerprint density at radius 2 is 1.59 bits per heavy atom. The molecule has 0 aliphatic carbocycles. The molecule has 0 N–H and O–H groups in total. The SMILES string of the molecule is O=c1c2ccccc2sn1CCCN1CCN(c2ncc(-c3ccc(Cl)cc3)cn2)CC1. The predicted octanol–water partition coefficient (Wildman–Crippen LogP) is 4.39. The first-order valence-corrected chi connectivity index (χ1v) is 12.0. The number of anilines is 1. The number of aryl methyl sites for hydroxylation is 1. The first kappa shape index (κ1) is 21.1. The van der Waals surface area contributed by atoms with Gasteiger partial charge in [0.25, 0.3) is 5.56 Å². The van der Waals surface area contributed by atoms with Gasteiger partial charge in [-0.2, -0.15) is 0 Å². The van der Waals surface area contributed by atoms with Crippen molar-refractivity contribution < 1.29 is 0 Å². The number of benzene rings is 2. The fourth-order valence-corrected chi connectivity index (χ4v) is 5.21. The molecule has 0 amide bonds. The largest absolute Gasteiger partial charge is 0.338 e. The molecule has 1 aliphatic heterocycles. The van der Waals surface area contributed by atoms with Crippen molar-refractivity contribution in [3.05, 3.63) is 76.3 Å². The van der Waals surface area contributed by atoms with Crippen LogP contribution in [0.4, 0.5) is 5.95 Å². The maximum atomic E-state index is 12.5. The molecule has 6 nitrogen and oxygen atoms in total. The summed E-state index contributed by atoms with van der Waals surface area (Å²) in [5.74, 6) is 0.777. The van der Waals surface area contributed by atoms with Crippen molar-refractivity contribution in [2.24, 2.45) is 0 Å². The summed E-state index contributed by atoms with van der Waals surface area (Å²) in [4.78, 5) is 26.3. The van der Waals surface area contributed by atoms with E-state index < -0.39 is 0 Å². The average Bonchev–Trinajstić information content (AvgIpc) is 3.16. The van der Waals surface area contributed by atoms with E-state index in [0.29, 0.717) is 0 Å². The van der Waals surface area contributed by atoms with E-state index in [9.17, 15) is 4.79 Å². The maximum absolute atomic E-state index is 12.5. The van der Waals surface area contributed by atoms with Gasteiger partial charge in [-0.15, -0.1) is 0 Å². The normalized spacial score (nSPS) is 14.8. The van der Waals surface area contributed by atoms with Crippen molar-refractivity contribution in [3.63, 3.8) is 0 Å². The summed E-state index contributed by atoms with van der Waals surface area (Å²) in [6.45, 7) is 5.53. The van der Waals surface area contributed by atoms with Crippen LogP contribution in [0.2, 0.25) is 5.02 Å². The molecule has 0 saturated carbocycles. The molecule has 0 unspecified atom stereocenters. The minimum Gasteiger partial charge on any atom is -0.338 e. The number of piperazine rings is 1. The van der Waals surface area contributed by atoms with E-state index >= 15 is 0 Å².